The average Bonchev–Trinajstić information content (AvgIpc) is 3.22. The molecule has 10 heteroatoms. The SMILES string of the molecule is Cn1cnc(CCNC(=O)C[C@@H]2CC[C@H]3[C@@H](COC[C@H](O)CN3C(=O)Nc3ccccc3)O2)c1. The van der Waals surface area contributed by atoms with Crippen LogP contribution in [0.25, 0.3) is 0 Å². The van der Waals surface area contributed by atoms with Crippen LogP contribution < -0.4 is 10.6 Å². The van der Waals surface area contributed by atoms with Crippen molar-refractivity contribution in [2.24, 2.45) is 7.05 Å². The van der Waals surface area contributed by atoms with Gasteiger partial charge in [-0.05, 0) is 25.0 Å². The minimum absolute atomic E-state index is 0.0692. The lowest BCUT2D eigenvalue weighted by Crippen LogP contribution is -2.58. The van der Waals surface area contributed by atoms with Gasteiger partial charge in [-0.3, -0.25) is 4.79 Å². The largest absolute Gasteiger partial charge is 0.389 e. The molecule has 0 saturated carbocycles. The van der Waals surface area contributed by atoms with E-state index in [1.54, 1.807) is 11.2 Å². The number of amides is 3. The first-order valence-corrected chi connectivity index (χ1v) is 11.8. The number of ether oxygens (including phenoxy) is 2. The average molecular weight is 472 g/mol. The number of β-amino-alcohol motifs (C(OH)–C–C–N with tert-alkyl or cyclic N) is 1. The zero-order chi connectivity index (χ0) is 23.9. The molecule has 1 aromatic heterocycles. The number of anilines is 1. The molecule has 2 aliphatic heterocycles. The molecule has 0 bridgehead atoms. The molecule has 0 aliphatic carbocycles. The van der Waals surface area contributed by atoms with Gasteiger partial charge >= 0.3 is 6.03 Å². The van der Waals surface area contributed by atoms with Gasteiger partial charge in [0, 0.05) is 31.9 Å². The van der Waals surface area contributed by atoms with Gasteiger partial charge in [0.15, 0.2) is 0 Å². The van der Waals surface area contributed by atoms with E-state index in [1.807, 2.05) is 48.1 Å². The van der Waals surface area contributed by atoms with Crippen LogP contribution in [0.5, 0.6) is 0 Å². The number of aliphatic hydroxyl groups excluding tert-OH is 1. The molecular weight excluding hydrogens is 438 g/mol. The molecule has 4 rings (SSSR count). The molecule has 3 amide bonds. The Morgan fingerprint density at radius 3 is 2.79 bits per heavy atom. The van der Waals surface area contributed by atoms with Gasteiger partial charge < -0.3 is 34.7 Å². The molecule has 10 nitrogen and oxygen atoms in total. The van der Waals surface area contributed by atoms with Crippen molar-refractivity contribution in [3.05, 3.63) is 48.5 Å². The highest BCUT2D eigenvalue weighted by Gasteiger charge is 2.40. The minimum atomic E-state index is -0.773. The van der Waals surface area contributed by atoms with E-state index in [2.05, 4.69) is 15.6 Å². The molecule has 34 heavy (non-hydrogen) atoms. The molecule has 2 fully saturated rings. The van der Waals surface area contributed by atoms with Gasteiger partial charge in [-0.25, -0.2) is 9.78 Å². The van der Waals surface area contributed by atoms with E-state index in [4.69, 9.17) is 9.47 Å². The lowest BCUT2D eigenvalue weighted by molar-refractivity contribution is -0.149. The number of urea groups is 1. The fraction of sp³-hybridized carbons (Fsp3) is 0.542. The first kappa shape index (κ1) is 24.2. The smallest absolute Gasteiger partial charge is 0.322 e. The maximum Gasteiger partial charge on any atom is 0.322 e. The Labute approximate surface area is 199 Å². The van der Waals surface area contributed by atoms with Gasteiger partial charge in [0.25, 0.3) is 0 Å². The summed E-state index contributed by atoms with van der Waals surface area (Å²) in [7, 11) is 1.91. The van der Waals surface area contributed by atoms with Crippen LogP contribution in [0.4, 0.5) is 10.5 Å². The zero-order valence-corrected chi connectivity index (χ0v) is 19.4. The van der Waals surface area contributed by atoms with Gasteiger partial charge in [0.1, 0.15) is 6.10 Å². The topological polar surface area (TPSA) is 118 Å². The van der Waals surface area contributed by atoms with E-state index in [0.717, 1.165) is 5.69 Å². The summed E-state index contributed by atoms with van der Waals surface area (Å²) in [5.41, 5.74) is 1.62. The van der Waals surface area contributed by atoms with Crippen LogP contribution in [0, 0.1) is 0 Å². The number of carbonyl (C=O) groups excluding carboxylic acids is 2. The van der Waals surface area contributed by atoms with Gasteiger partial charge in [-0.2, -0.15) is 0 Å². The number of nitrogens with one attached hydrogen (secondary N) is 2. The monoisotopic (exact) mass is 471 g/mol. The Morgan fingerprint density at radius 2 is 2.03 bits per heavy atom. The summed E-state index contributed by atoms with van der Waals surface area (Å²) in [6, 6.07) is 8.69. The van der Waals surface area contributed by atoms with E-state index >= 15 is 0 Å². The summed E-state index contributed by atoms with van der Waals surface area (Å²) in [6.45, 7) is 1.06. The molecule has 184 valence electrons. The van der Waals surface area contributed by atoms with Gasteiger partial charge in [-0.15, -0.1) is 0 Å². The first-order valence-electron chi connectivity index (χ1n) is 11.8. The zero-order valence-electron chi connectivity index (χ0n) is 19.4. The van der Waals surface area contributed by atoms with Gasteiger partial charge in [0.2, 0.25) is 5.91 Å². The quantitative estimate of drug-likeness (QED) is 0.585. The number of carbonyl (C=O) groups is 2. The van der Waals surface area contributed by atoms with Crippen LogP contribution in [-0.2, 0) is 27.7 Å². The van der Waals surface area contributed by atoms with Crippen molar-refractivity contribution in [1.82, 2.24) is 19.8 Å². The maximum absolute atomic E-state index is 13.1. The number of aliphatic hydroxyl groups is 1. The van der Waals surface area contributed by atoms with Crippen LogP contribution in [0.3, 0.4) is 0 Å². The van der Waals surface area contributed by atoms with Crippen molar-refractivity contribution in [2.75, 3.05) is 31.6 Å². The van der Waals surface area contributed by atoms with Gasteiger partial charge in [0.05, 0.1) is 56.5 Å². The Bertz CT molecular complexity index is 952. The Morgan fingerprint density at radius 1 is 1.21 bits per heavy atom. The second-order valence-corrected chi connectivity index (χ2v) is 8.92. The van der Waals surface area contributed by atoms with Crippen LogP contribution in [0.2, 0.25) is 0 Å². The minimum Gasteiger partial charge on any atom is -0.389 e. The fourth-order valence-electron chi connectivity index (χ4n) is 4.50. The summed E-state index contributed by atoms with van der Waals surface area (Å²) in [6.07, 6.45) is 4.51. The second kappa shape index (κ2) is 11.5. The number of aryl methyl sites for hydroxylation is 1. The molecule has 3 heterocycles. The van der Waals surface area contributed by atoms with Crippen LogP contribution in [0.1, 0.15) is 25.0 Å². The molecule has 2 aliphatic rings. The third-order valence-corrected chi connectivity index (χ3v) is 6.14. The number of aromatic nitrogens is 2. The predicted molar refractivity (Wildman–Crippen MR) is 125 cm³/mol. The van der Waals surface area contributed by atoms with Gasteiger partial charge in [-0.1, -0.05) is 18.2 Å². The summed E-state index contributed by atoms with van der Waals surface area (Å²) in [5, 5.41) is 16.1. The molecule has 0 spiro atoms. The third-order valence-electron chi connectivity index (χ3n) is 6.14. The standard InChI is InChI=1S/C24H33N5O5/c1-28-12-18(26-16-28)9-10-25-23(31)11-20-7-8-21-22(34-20)15-33-14-19(30)13-29(21)24(32)27-17-5-3-2-4-6-17/h2-6,12,16,19-22,30H,7-11,13-15H2,1H3,(H,25,31)(H,27,32)/t19-,20+,21+,22-/m1/s1. The van der Waals surface area contributed by atoms with Crippen molar-refractivity contribution < 1.29 is 24.2 Å². The molecule has 0 unspecified atom stereocenters. The Balaban J connectivity index is 1.31. The molecule has 2 saturated heterocycles. The van der Waals surface area contributed by atoms with E-state index in [0.29, 0.717) is 31.5 Å². The number of rotatable bonds is 6. The lowest BCUT2D eigenvalue weighted by atomic mass is 9.95. The lowest BCUT2D eigenvalue weighted by Gasteiger charge is -2.44. The highest BCUT2D eigenvalue weighted by atomic mass is 16.5. The molecule has 1 aromatic carbocycles. The number of imidazole rings is 1. The number of nitrogens with zero attached hydrogens (tertiary/aromatic N) is 3. The van der Waals surface area contributed by atoms with Crippen molar-refractivity contribution >= 4 is 17.6 Å². The van der Waals surface area contributed by atoms with Crippen molar-refractivity contribution in [3.8, 4) is 0 Å². The fourth-order valence-corrected chi connectivity index (χ4v) is 4.50. The van der Waals surface area contributed by atoms with Crippen LogP contribution in [0.15, 0.2) is 42.9 Å². The van der Waals surface area contributed by atoms with Crippen LogP contribution >= 0.6 is 0 Å². The first-order chi connectivity index (χ1) is 16.5. The highest BCUT2D eigenvalue weighted by molar-refractivity contribution is 5.89. The number of para-hydroxylation sites is 1. The third kappa shape index (κ3) is 6.55. The number of fused-ring (bicyclic) bond motifs is 1. The number of benzene rings is 1. The van der Waals surface area contributed by atoms with E-state index in [9.17, 15) is 14.7 Å². The van der Waals surface area contributed by atoms with E-state index in [1.165, 1.54) is 0 Å². The summed E-state index contributed by atoms with van der Waals surface area (Å²) in [5.74, 6) is -0.0692. The predicted octanol–water partition coefficient (Wildman–Crippen LogP) is 1.31. The summed E-state index contributed by atoms with van der Waals surface area (Å²) >= 11 is 0. The van der Waals surface area contributed by atoms with E-state index < -0.39 is 6.10 Å². The summed E-state index contributed by atoms with van der Waals surface area (Å²) < 4.78 is 13.7. The molecule has 4 atom stereocenters. The normalized spacial score (nSPS) is 25.1. The molecule has 2 aromatic rings. The van der Waals surface area contributed by atoms with E-state index in [-0.39, 0.29) is 56.4 Å². The Hall–Kier alpha value is -2.95. The van der Waals surface area contributed by atoms with Crippen molar-refractivity contribution in [2.45, 2.75) is 50.0 Å². The van der Waals surface area contributed by atoms with Crippen LogP contribution in [-0.4, -0.2) is 82.2 Å². The highest BCUT2D eigenvalue weighted by Crippen LogP contribution is 2.28. The molecular formula is C24H33N5O5. The van der Waals surface area contributed by atoms with Crippen molar-refractivity contribution in [1.29, 1.82) is 0 Å². The maximum atomic E-state index is 13.1. The number of hydrogen-bond acceptors (Lipinski definition) is 6. The summed E-state index contributed by atoms with van der Waals surface area (Å²) in [4.78, 5) is 31.4. The second-order valence-electron chi connectivity index (χ2n) is 8.92. The number of hydrogen-bond donors (Lipinski definition) is 3. The molecule has 3 N–H and O–H groups in total. The molecule has 0 radical (unpaired) electrons. The van der Waals surface area contributed by atoms with Crippen molar-refractivity contribution in [3.63, 3.8) is 0 Å². The Kier molecular flexibility index (Phi) is 8.15.